The quantitative estimate of drug-likeness (QED) is 0.808. The van der Waals surface area contributed by atoms with Gasteiger partial charge in [-0.25, -0.2) is 9.97 Å². The lowest BCUT2D eigenvalue weighted by Gasteiger charge is -2.23. The number of carboxylic acid groups (broad SMARTS) is 1. The summed E-state index contributed by atoms with van der Waals surface area (Å²) in [7, 11) is 0. The van der Waals surface area contributed by atoms with Crippen LogP contribution in [0.3, 0.4) is 0 Å². The number of hydrogen-bond donors (Lipinski definition) is 2. The molecule has 0 saturated carbocycles. The van der Waals surface area contributed by atoms with Gasteiger partial charge in [0.15, 0.2) is 0 Å². The number of carbonyl (C=O) groups is 2. The first kappa shape index (κ1) is 14.4. The molecule has 1 aromatic rings. The van der Waals surface area contributed by atoms with Crippen LogP contribution in [0.4, 0.5) is 0 Å². The molecule has 0 aromatic carbocycles. The van der Waals surface area contributed by atoms with E-state index in [1.165, 1.54) is 6.07 Å². The largest absolute Gasteiger partial charge is 0.481 e. The molecule has 18 heavy (non-hydrogen) atoms. The van der Waals surface area contributed by atoms with E-state index < -0.39 is 17.4 Å². The van der Waals surface area contributed by atoms with Crippen LogP contribution in [0.15, 0.2) is 6.07 Å². The molecule has 0 atom stereocenters. The molecule has 0 fully saturated rings. The smallest absolute Gasteiger partial charge is 0.305 e. The van der Waals surface area contributed by atoms with Crippen molar-refractivity contribution in [2.24, 2.45) is 0 Å². The second-order valence-corrected chi connectivity index (χ2v) is 4.91. The third kappa shape index (κ3) is 4.29. The SMILES string of the molecule is Cc1cc(C(=O)NC(C)(C)CC(=O)O)nc(Cl)n1. The number of carboxylic acids is 1. The van der Waals surface area contributed by atoms with Gasteiger partial charge in [-0.3, -0.25) is 9.59 Å². The molecular formula is C11H14ClN3O3. The Balaban J connectivity index is 2.85. The summed E-state index contributed by atoms with van der Waals surface area (Å²) in [6.07, 6.45) is -0.184. The lowest BCUT2D eigenvalue weighted by atomic mass is 10.0. The first-order valence-corrected chi connectivity index (χ1v) is 5.63. The average Bonchev–Trinajstić information content (AvgIpc) is 2.12. The Bertz CT molecular complexity index is 468. The monoisotopic (exact) mass is 271 g/mol. The molecule has 0 aliphatic carbocycles. The van der Waals surface area contributed by atoms with Gasteiger partial charge in [-0.05, 0) is 38.4 Å². The van der Waals surface area contributed by atoms with Gasteiger partial charge in [0.05, 0.1) is 6.42 Å². The molecule has 1 amide bonds. The Morgan fingerprint density at radius 3 is 2.56 bits per heavy atom. The third-order valence-corrected chi connectivity index (χ3v) is 2.27. The van der Waals surface area contributed by atoms with Gasteiger partial charge in [0.25, 0.3) is 5.91 Å². The summed E-state index contributed by atoms with van der Waals surface area (Å²) in [6.45, 7) is 4.93. The van der Waals surface area contributed by atoms with Crippen molar-refractivity contribution < 1.29 is 14.7 Å². The lowest BCUT2D eigenvalue weighted by Crippen LogP contribution is -2.45. The van der Waals surface area contributed by atoms with Crippen molar-refractivity contribution in [1.29, 1.82) is 0 Å². The summed E-state index contributed by atoms with van der Waals surface area (Å²) in [5, 5.41) is 11.3. The molecule has 0 radical (unpaired) electrons. The number of nitrogens with one attached hydrogen (secondary N) is 1. The summed E-state index contributed by atoms with van der Waals surface area (Å²) in [5.41, 5.74) is -0.184. The maximum absolute atomic E-state index is 11.9. The van der Waals surface area contributed by atoms with Gasteiger partial charge in [0, 0.05) is 11.2 Å². The average molecular weight is 272 g/mol. The zero-order valence-electron chi connectivity index (χ0n) is 10.3. The maximum atomic E-state index is 11.9. The topological polar surface area (TPSA) is 92.2 Å². The number of rotatable bonds is 4. The van der Waals surface area contributed by atoms with E-state index >= 15 is 0 Å². The number of carbonyl (C=O) groups excluding carboxylic acids is 1. The van der Waals surface area contributed by atoms with Crippen molar-refractivity contribution in [2.45, 2.75) is 32.7 Å². The highest BCUT2D eigenvalue weighted by Gasteiger charge is 2.25. The molecule has 0 unspecified atom stereocenters. The molecule has 6 nitrogen and oxygen atoms in total. The summed E-state index contributed by atoms with van der Waals surface area (Å²) >= 11 is 5.65. The Morgan fingerprint density at radius 2 is 2.06 bits per heavy atom. The number of halogens is 1. The Labute approximate surface area is 109 Å². The molecule has 1 heterocycles. The van der Waals surface area contributed by atoms with Gasteiger partial charge in [0.1, 0.15) is 5.69 Å². The first-order chi connectivity index (χ1) is 8.19. The molecular weight excluding hydrogens is 258 g/mol. The van der Waals surface area contributed by atoms with Gasteiger partial charge in [-0.15, -0.1) is 0 Å². The van der Waals surface area contributed by atoms with Crippen LogP contribution < -0.4 is 5.32 Å². The first-order valence-electron chi connectivity index (χ1n) is 5.25. The highest BCUT2D eigenvalue weighted by molar-refractivity contribution is 6.28. The number of aryl methyl sites for hydroxylation is 1. The number of amides is 1. The van der Waals surface area contributed by atoms with E-state index in [4.69, 9.17) is 16.7 Å². The van der Waals surface area contributed by atoms with Gasteiger partial charge < -0.3 is 10.4 Å². The Kier molecular flexibility index (Phi) is 4.24. The Hall–Kier alpha value is -1.69. The molecule has 1 rings (SSSR count). The van der Waals surface area contributed by atoms with Crippen molar-refractivity contribution in [3.63, 3.8) is 0 Å². The molecule has 0 aliphatic rings. The van der Waals surface area contributed by atoms with Crippen LogP contribution in [-0.4, -0.2) is 32.5 Å². The van der Waals surface area contributed by atoms with E-state index in [0.717, 1.165) is 0 Å². The van der Waals surface area contributed by atoms with Gasteiger partial charge in [0.2, 0.25) is 5.28 Å². The van der Waals surface area contributed by atoms with Gasteiger partial charge >= 0.3 is 5.97 Å². The van der Waals surface area contributed by atoms with E-state index in [2.05, 4.69) is 15.3 Å². The molecule has 0 aliphatic heterocycles. The fraction of sp³-hybridized carbons (Fsp3) is 0.455. The fourth-order valence-corrected chi connectivity index (χ4v) is 1.67. The number of hydrogen-bond acceptors (Lipinski definition) is 4. The van der Waals surface area contributed by atoms with Crippen LogP contribution in [0.2, 0.25) is 5.28 Å². The minimum Gasteiger partial charge on any atom is -0.481 e. The van der Waals surface area contributed by atoms with Crippen molar-refractivity contribution in [3.05, 3.63) is 22.7 Å². The van der Waals surface area contributed by atoms with E-state index in [0.29, 0.717) is 5.69 Å². The molecule has 0 spiro atoms. The maximum Gasteiger partial charge on any atom is 0.305 e. The summed E-state index contributed by atoms with van der Waals surface area (Å²) in [6, 6.07) is 1.48. The lowest BCUT2D eigenvalue weighted by molar-refractivity contribution is -0.138. The highest BCUT2D eigenvalue weighted by atomic mass is 35.5. The normalized spacial score (nSPS) is 11.1. The van der Waals surface area contributed by atoms with Gasteiger partial charge in [-0.2, -0.15) is 0 Å². The minimum absolute atomic E-state index is 0.0174. The van der Waals surface area contributed by atoms with Crippen molar-refractivity contribution in [1.82, 2.24) is 15.3 Å². The van der Waals surface area contributed by atoms with E-state index in [1.54, 1.807) is 20.8 Å². The zero-order chi connectivity index (χ0) is 13.9. The number of aliphatic carboxylic acids is 1. The van der Waals surface area contributed by atoms with E-state index in [1.807, 2.05) is 0 Å². The van der Waals surface area contributed by atoms with E-state index in [-0.39, 0.29) is 17.4 Å². The fourth-order valence-electron chi connectivity index (χ4n) is 1.44. The minimum atomic E-state index is -0.989. The van der Waals surface area contributed by atoms with Crippen LogP contribution in [0.5, 0.6) is 0 Å². The van der Waals surface area contributed by atoms with Crippen LogP contribution >= 0.6 is 11.6 Å². The molecule has 98 valence electrons. The molecule has 7 heteroatoms. The van der Waals surface area contributed by atoms with Crippen LogP contribution in [0, 0.1) is 6.92 Å². The second kappa shape index (κ2) is 5.30. The van der Waals surface area contributed by atoms with E-state index in [9.17, 15) is 9.59 Å². The van der Waals surface area contributed by atoms with Crippen molar-refractivity contribution in [3.8, 4) is 0 Å². The van der Waals surface area contributed by atoms with Crippen molar-refractivity contribution >= 4 is 23.5 Å². The zero-order valence-corrected chi connectivity index (χ0v) is 11.1. The van der Waals surface area contributed by atoms with Crippen molar-refractivity contribution in [2.75, 3.05) is 0 Å². The number of aromatic nitrogens is 2. The van der Waals surface area contributed by atoms with Gasteiger partial charge in [-0.1, -0.05) is 0 Å². The third-order valence-electron chi connectivity index (χ3n) is 2.10. The Morgan fingerprint density at radius 1 is 1.44 bits per heavy atom. The summed E-state index contributed by atoms with van der Waals surface area (Å²) < 4.78 is 0. The molecule has 0 saturated heterocycles. The predicted octanol–water partition coefficient (Wildman–Crippen LogP) is 1.42. The number of nitrogens with zero attached hydrogens (tertiary/aromatic N) is 2. The van der Waals surface area contributed by atoms with Crippen LogP contribution in [0.25, 0.3) is 0 Å². The molecule has 1 aromatic heterocycles. The standard InChI is InChI=1S/C11H14ClN3O3/c1-6-4-7(14-10(12)13-6)9(18)15-11(2,3)5-8(16)17/h4H,5H2,1-3H3,(H,15,18)(H,16,17). The van der Waals surface area contributed by atoms with Crippen LogP contribution in [0.1, 0.15) is 36.5 Å². The molecule has 2 N–H and O–H groups in total. The highest BCUT2D eigenvalue weighted by Crippen LogP contribution is 2.11. The summed E-state index contributed by atoms with van der Waals surface area (Å²) in [4.78, 5) is 30.2. The summed E-state index contributed by atoms with van der Waals surface area (Å²) in [5.74, 6) is -1.47. The van der Waals surface area contributed by atoms with Crippen LogP contribution in [-0.2, 0) is 4.79 Å². The predicted molar refractivity (Wildman–Crippen MR) is 65.6 cm³/mol. The second-order valence-electron chi connectivity index (χ2n) is 4.57. The molecule has 0 bridgehead atoms.